The van der Waals surface area contributed by atoms with E-state index in [1.54, 1.807) is 12.1 Å². The molecule has 2 aromatic carbocycles. The first kappa shape index (κ1) is 21.9. The molecule has 1 heterocycles. The van der Waals surface area contributed by atoms with E-state index < -0.39 is 15.8 Å². The van der Waals surface area contributed by atoms with Crippen molar-refractivity contribution in [3.05, 3.63) is 59.7 Å². The van der Waals surface area contributed by atoms with Crippen molar-refractivity contribution in [2.75, 3.05) is 26.2 Å². The molecule has 29 heavy (non-hydrogen) atoms. The Bertz CT molecular complexity index is 941. The maximum absolute atomic E-state index is 12.8. The predicted octanol–water partition coefficient (Wildman–Crippen LogP) is 3.71. The zero-order chi connectivity index (χ0) is 21.0. The van der Waals surface area contributed by atoms with Gasteiger partial charge >= 0.3 is 0 Å². The monoisotopic (exact) mass is 440 g/mol. The van der Waals surface area contributed by atoms with E-state index >= 15 is 0 Å². The summed E-state index contributed by atoms with van der Waals surface area (Å²) in [6.45, 7) is 3.98. The number of sulfonamides is 1. The molecule has 0 unspecified atom stereocenters. The third-order valence-electron chi connectivity index (χ3n) is 4.78. The SMILES string of the molecule is CC(=O)c1ccc(S(=O)(=O)N2CCN(Cc3ccc(SC(F)F)cc3)CC2)cc1. The second kappa shape index (κ2) is 9.34. The number of benzene rings is 2. The fraction of sp³-hybridized carbons (Fsp3) is 0.350. The first-order chi connectivity index (χ1) is 13.8. The van der Waals surface area contributed by atoms with Crippen molar-refractivity contribution in [3.8, 4) is 0 Å². The average Bonchev–Trinajstić information content (AvgIpc) is 2.69. The van der Waals surface area contributed by atoms with Crippen LogP contribution in [0.5, 0.6) is 0 Å². The number of thioether (sulfide) groups is 1. The number of hydrogen-bond acceptors (Lipinski definition) is 5. The van der Waals surface area contributed by atoms with E-state index in [1.807, 2.05) is 12.1 Å². The van der Waals surface area contributed by atoms with Crippen LogP contribution in [-0.4, -0.2) is 55.3 Å². The lowest BCUT2D eigenvalue weighted by atomic mass is 10.2. The van der Waals surface area contributed by atoms with Crippen LogP contribution in [0.1, 0.15) is 22.8 Å². The fourth-order valence-electron chi connectivity index (χ4n) is 3.17. The van der Waals surface area contributed by atoms with Gasteiger partial charge < -0.3 is 0 Å². The van der Waals surface area contributed by atoms with Gasteiger partial charge in [0.05, 0.1) is 4.90 Å². The number of nitrogens with zero attached hydrogens (tertiary/aromatic N) is 2. The molecule has 0 saturated carbocycles. The second-order valence-electron chi connectivity index (χ2n) is 6.78. The van der Waals surface area contributed by atoms with Crippen molar-refractivity contribution in [1.82, 2.24) is 9.21 Å². The first-order valence-electron chi connectivity index (χ1n) is 9.13. The fourth-order valence-corrected chi connectivity index (χ4v) is 5.09. The standard InChI is InChI=1S/C20H22F2N2O3S2/c1-15(25)17-4-8-19(9-5-17)29(26,27)24-12-10-23(11-13-24)14-16-2-6-18(7-3-16)28-20(21)22/h2-9,20H,10-14H2,1H3. The summed E-state index contributed by atoms with van der Waals surface area (Å²) in [6.07, 6.45) is 0. The number of halogens is 2. The van der Waals surface area contributed by atoms with E-state index in [1.165, 1.54) is 35.5 Å². The quantitative estimate of drug-likeness (QED) is 0.485. The smallest absolute Gasteiger partial charge is 0.288 e. The van der Waals surface area contributed by atoms with Crippen LogP contribution in [0, 0.1) is 0 Å². The Morgan fingerprint density at radius 3 is 2.10 bits per heavy atom. The van der Waals surface area contributed by atoms with Crippen molar-refractivity contribution in [1.29, 1.82) is 0 Å². The highest BCUT2D eigenvalue weighted by molar-refractivity contribution is 7.99. The molecule has 156 valence electrons. The van der Waals surface area contributed by atoms with Gasteiger partial charge in [0.1, 0.15) is 0 Å². The summed E-state index contributed by atoms with van der Waals surface area (Å²) in [5.41, 5.74) is 1.48. The van der Waals surface area contributed by atoms with Crippen molar-refractivity contribution in [2.24, 2.45) is 0 Å². The third-order valence-corrected chi connectivity index (χ3v) is 7.42. The summed E-state index contributed by atoms with van der Waals surface area (Å²) in [5, 5.41) is 0. The van der Waals surface area contributed by atoms with Crippen LogP contribution in [0.4, 0.5) is 8.78 Å². The van der Waals surface area contributed by atoms with E-state index in [0.29, 0.717) is 54.9 Å². The van der Waals surface area contributed by atoms with E-state index in [-0.39, 0.29) is 10.7 Å². The van der Waals surface area contributed by atoms with Crippen LogP contribution in [0.15, 0.2) is 58.3 Å². The van der Waals surface area contributed by atoms with Gasteiger partial charge in [-0.05, 0) is 36.8 Å². The molecule has 1 aliphatic rings. The highest BCUT2D eigenvalue weighted by atomic mass is 32.2. The molecule has 0 spiro atoms. The molecule has 1 fully saturated rings. The summed E-state index contributed by atoms with van der Waals surface area (Å²) >= 11 is 0.518. The molecule has 0 aliphatic carbocycles. The van der Waals surface area contributed by atoms with Crippen molar-refractivity contribution in [2.45, 2.75) is 29.0 Å². The summed E-state index contributed by atoms with van der Waals surface area (Å²) in [7, 11) is -3.60. The predicted molar refractivity (Wildman–Crippen MR) is 109 cm³/mol. The van der Waals surface area contributed by atoms with Crippen LogP contribution < -0.4 is 0 Å². The van der Waals surface area contributed by atoms with Gasteiger partial charge in [-0.15, -0.1) is 0 Å². The Labute approximate surface area is 173 Å². The zero-order valence-electron chi connectivity index (χ0n) is 15.9. The van der Waals surface area contributed by atoms with E-state index in [2.05, 4.69) is 4.90 Å². The van der Waals surface area contributed by atoms with E-state index in [9.17, 15) is 22.0 Å². The topological polar surface area (TPSA) is 57.7 Å². The molecule has 1 aliphatic heterocycles. The number of ketones is 1. The van der Waals surface area contributed by atoms with E-state index in [0.717, 1.165) is 5.56 Å². The molecule has 0 N–H and O–H groups in total. The largest absolute Gasteiger partial charge is 0.296 e. The Morgan fingerprint density at radius 2 is 1.59 bits per heavy atom. The molecule has 2 aromatic rings. The maximum Gasteiger partial charge on any atom is 0.288 e. The van der Waals surface area contributed by atoms with Gasteiger partial charge in [-0.1, -0.05) is 36.0 Å². The molecule has 1 saturated heterocycles. The van der Waals surface area contributed by atoms with Gasteiger partial charge in [0.2, 0.25) is 10.0 Å². The lowest BCUT2D eigenvalue weighted by molar-refractivity contribution is 0.101. The molecule has 0 bridgehead atoms. The van der Waals surface area contributed by atoms with Gasteiger partial charge in [-0.2, -0.15) is 13.1 Å². The highest BCUT2D eigenvalue weighted by Crippen LogP contribution is 2.25. The minimum atomic E-state index is -3.60. The molecular formula is C20H22F2N2O3S2. The third kappa shape index (κ3) is 5.63. The van der Waals surface area contributed by atoms with Crippen molar-refractivity contribution < 1.29 is 22.0 Å². The highest BCUT2D eigenvalue weighted by Gasteiger charge is 2.28. The van der Waals surface area contributed by atoms with Crippen molar-refractivity contribution >= 4 is 27.6 Å². The molecule has 0 amide bonds. The minimum Gasteiger partial charge on any atom is -0.296 e. The Kier molecular flexibility index (Phi) is 7.05. The summed E-state index contributed by atoms with van der Waals surface area (Å²) in [6, 6.07) is 13.0. The lowest BCUT2D eigenvalue weighted by Gasteiger charge is -2.34. The zero-order valence-corrected chi connectivity index (χ0v) is 17.6. The van der Waals surface area contributed by atoms with Gasteiger partial charge in [-0.3, -0.25) is 9.69 Å². The van der Waals surface area contributed by atoms with Crippen LogP contribution >= 0.6 is 11.8 Å². The Balaban J connectivity index is 1.57. The number of alkyl halides is 2. The van der Waals surface area contributed by atoms with Gasteiger partial charge in [0.25, 0.3) is 5.76 Å². The maximum atomic E-state index is 12.8. The van der Waals surface area contributed by atoms with Gasteiger partial charge in [0.15, 0.2) is 5.78 Å². The van der Waals surface area contributed by atoms with Crippen molar-refractivity contribution in [3.63, 3.8) is 0 Å². The molecule has 0 aromatic heterocycles. The molecule has 0 radical (unpaired) electrons. The first-order valence-corrected chi connectivity index (χ1v) is 11.4. The molecule has 0 atom stereocenters. The van der Waals surface area contributed by atoms with Crippen LogP contribution in [0.2, 0.25) is 0 Å². The summed E-state index contributed by atoms with van der Waals surface area (Å²) < 4.78 is 51.9. The van der Waals surface area contributed by atoms with Gasteiger partial charge in [-0.25, -0.2) is 8.42 Å². The number of piperazine rings is 1. The van der Waals surface area contributed by atoms with Crippen LogP contribution in [0.3, 0.4) is 0 Å². The molecule has 9 heteroatoms. The minimum absolute atomic E-state index is 0.108. The number of carbonyl (C=O) groups excluding carboxylic acids is 1. The number of Topliss-reactive ketones (excluding diaryl/α,β-unsaturated/α-hetero) is 1. The second-order valence-corrected chi connectivity index (χ2v) is 9.78. The van der Waals surface area contributed by atoms with Gasteiger partial charge in [0, 0.05) is 43.2 Å². The molecular weight excluding hydrogens is 418 g/mol. The normalized spacial score (nSPS) is 16.3. The van der Waals surface area contributed by atoms with Crippen LogP contribution in [-0.2, 0) is 16.6 Å². The summed E-state index contributed by atoms with van der Waals surface area (Å²) in [4.78, 5) is 14.2. The number of rotatable bonds is 7. The average molecular weight is 441 g/mol. The van der Waals surface area contributed by atoms with Crippen LogP contribution in [0.25, 0.3) is 0 Å². The molecule has 3 rings (SSSR count). The number of hydrogen-bond donors (Lipinski definition) is 0. The van der Waals surface area contributed by atoms with E-state index in [4.69, 9.17) is 0 Å². The number of carbonyl (C=O) groups is 1. The Morgan fingerprint density at radius 1 is 1.00 bits per heavy atom. The summed E-state index contributed by atoms with van der Waals surface area (Å²) in [5.74, 6) is -2.54. The lowest BCUT2D eigenvalue weighted by Crippen LogP contribution is -2.48. The molecule has 5 nitrogen and oxygen atoms in total. The Hall–Kier alpha value is -1.81.